The molecule has 2 aromatic carbocycles. The van der Waals surface area contributed by atoms with Gasteiger partial charge in [0.05, 0.1) is 5.69 Å². The number of anilines is 2. The summed E-state index contributed by atoms with van der Waals surface area (Å²) >= 11 is 1.18. The smallest absolute Gasteiger partial charge is 0.273 e. The molecule has 164 valence electrons. The third kappa shape index (κ3) is 5.08. The quantitative estimate of drug-likeness (QED) is 0.494. The zero-order valence-electron chi connectivity index (χ0n) is 18.0. The largest absolute Gasteiger partial charge is 0.484 e. The molecule has 0 N–H and O–H groups in total. The van der Waals surface area contributed by atoms with Gasteiger partial charge in [-0.05, 0) is 73.7 Å². The van der Waals surface area contributed by atoms with E-state index in [4.69, 9.17) is 4.74 Å². The molecule has 3 rings (SSSR count). The Hall–Kier alpha value is -2.84. The Balaban J connectivity index is 1.67. The molecule has 0 aliphatic carbocycles. The minimum atomic E-state index is -3.59. The molecular weight excluding hydrogens is 432 g/mol. The molecule has 0 unspecified atom stereocenters. The number of thiophene rings is 1. The Morgan fingerprint density at radius 1 is 1.06 bits per heavy atom. The number of aryl methyl sites for hydroxylation is 2. The molecule has 0 radical (unpaired) electrons. The SMILES string of the molecule is CCN(C(=O)COc1ccc(N(C)S(=O)(=O)c2cccs2)cc1)c1cc(C)ccc1C. The average Bonchev–Trinajstić information content (AvgIpc) is 3.31. The zero-order valence-corrected chi connectivity index (χ0v) is 19.7. The van der Waals surface area contributed by atoms with Crippen LogP contribution < -0.4 is 13.9 Å². The van der Waals surface area contributed by atoms with Gasteiger partial charge < -0.3 is 9.64 Å². The number of ether oxygens (including phenoxy) is 1. The first-order valence-electron chi connectivity index (χ1n) is 9.87. The molecule has 0 spiro atoms. The van der Waals surface area contributed by atoms with Crippen LogP contribution >= 0.6 is 11.3 Å². The van der Waals surface area contributed by atoms with Crippen LogP contribution in [0.4, 0.5) is 11.4 Å². The second kappa shape index (κ2) is 9.53. The molecule has 1 amide bonds. The zero-order chi connectivity index (χ0) is 22.6. The highest BCUT2D eigenvalue weighted by Gasteiger charge is 2.22. The van der Waals surface area contributed by atoms with Crippen LogP contribution in [0.3, 0.4) is 0 Å². The van der Waals surface area contributed by atoms with Gasteiger partial charge in [-0.25, -0.2) is 8.42 Å². The van der Waals surface area contributed by atoms with Crippen LogP contribution in [0.1, 0.15) is 18.1 Å². The Kier molecular flexibility index (Phi) is 7.02. The van der Waals surface area contributed by atoms with Gasteiger partial charge in [0.1, 0.15) is 9.96 Å². The number of carbonyl (C=O) groups excluding carboxylic acids is 1. The number of hydrogen-bond acceptors (Lipinski definition) is 5. The fourth-order valence-corrected chi connectivity index (χ4v) is 5.51. The van der Waals surface area contributed by atoms with E-state index >= 15 is 0 Å². The summed E-state index contributed by atoms with van der Waals surface area (Å²) in [6.07, 6.45) is 0. The second-order valence-corrected chi connectivity index (χ2v) is 10.3. The highest BCUT2D eigenvalue weighted by molar-refractivity contribution is 7.94. The predicted molar refractivity (Wildman–Crippen MR) is 126 cm³/mol. The summed E-state index contributed by atoms with van der Waals surface area (Å²) in [7, 11) is -2.08. The molecule has 0 atom stereocenters. The lowest BCUT2D eigenvalue weighted by molar-refractivity contribution is -0.120. The van der Waals surface area contributed by atoms with E-state index in [2.05, 4.69) is 0 Å². The van der Waals surface area contributed by atoms with E-state index in [-0.39, 0.29) is 16.7 Å². The number of carbonyl (C=O) groups is 1. The van der Waals surface area contributed by atoms with Crippen LogP contribution in [-0.4, -0.2) is 34.5 Å². The highest BCUT2D eigenvalue weighted by Crippen LogP contribution is 2.27. The van der Waals surface area contributed by atoms with E-state index in [1.807, 2.05) is 39.0 Å². The van der Waals surface area contributed by atoms with Crippen molar-refractivity contribution in [2.75, 3.05) is 29.4 Å². The van der Waals surface area contributed by atoms with Crippen molar-refractivity contribution in [3.63, 3.8) is 0 Å². The Morgan fingerprint density at radius 2 is 1.77 bits per heavy atom. The summed E-state index contributed by atoms with van der Waals surface area (Å²) in [6.45, 7) is 6.33. The number of rotatable bonds is 8. The van der Waals surface area contributed by atoms with Gasteiger partial charge in [-0.3, -0.25) is 9.10 Å². The van der Waals surface area contributed by atoms with E-state index in [9.17, 15) is 13.2 Å². The molecule has 3 aromatic rings. The van der Waals surface area contributed by atoms with Gasteiger partial charge in [-0.15, -0.1) is 11.3 Å². The summed E-state index contributed by atoms with van der Waals surface area (Å²) in [4.78, 5) is 14.5. The average molecular weight is 459 g/mol. The topological polar surface area (TPSA) is 66.9 Å². The molecule has 0 saturated carbocycles. The van der Waals surface area contributed by atoms with E-state index in [1.54, 1.807) is 46.7 Å². The van der Waals surface area contributed by atoms with Crippen molar-refractivity contribution >= 4 is 38.6 Å². The Morgan fingerprint density at radius 3 is 2.39 bits per heavy atom. The van der Waals surface area contributed by atoms with Crippen LogP contribution in [0, 0.1) is 13.8 Å². The third-order valence-electron chi connectivity index (χ3n) is 4.95. The van der Waals surface area contributed by atoms with E-state index in [0.29, 0.717) is 18.0 Å². The lowest BCUT2D eigenvalue weighted by Gasteiger charge is -2.23. The van der Waals surface area contributed by atoms with Crippen molar-refractivity contribution in [2.45, 2.75) is 25.0 Å². The maximum absolute atomic E-state index is 12.8. The van der Waals surface area contributed by atoms with Gasteiger partial charge in [0.2, 0.25) is 0 Å². The fourth-order valence-electron chi connectivity index (χ4n) is 3.15. The molecule has 0 aliphatic rings. The molecule has 31 heavy (non-hydrogen) atoms. The molecule has 8 heteroatoms. The van der Waals surface area contributed by atoms with Crippen LogP contribution in [0.5, 0.6) is 5.75 Å². The fraction of sp³-hybridized carbons (Fsp3) is 0.261. The summed E-state index contributed by atoms with van der Waals surface area (Å²) in [5, 5.41) is 1.73. The van der Waals surface area contributed by atoms with Gasteiger partial charge in [-0.1, -0.05) is 18.2 Å². The normalized spacial score (nSPS) is 11.2. The van der Waals surface area contributed by atoms with Crippen molar-refractivity contribution in [3.8, 4) is 5.75 Å². The van der Waals surface area contributed by atoms with Crippen LogP contribution in [0.15, 0.2) is 64.2 Å². The van der Waals surface area contributed by atoms with Gasteiger partial charge in [-0.2, -0.15) is 0 Å². The molecule has 1 heterocycles. The summed E-state index contributed by atoms with van der Waals surface area (Å²) < 4.78 is 32.5. The van der Waals surface area contributed by atoms with Gasteiger partial charge in [0, 0.05) is 19.3 Å². The Labute approximate surface area is 187 Å². The lowest BCUT2D eigenvalue weighted by Crippen LogP contribution is -2.35. The molecule has 0 bridgehead atoms. The van der Waals surface area contributed by atoms with E-state index in [0.717, 1.165) is 16.8 Å². The third-order valence-corrected chi connectivity index (χ3v) is 8.10. The molecule has 1 aromatic heterocycles. The highest BCUT2D eigenvalue weighted by atomic mass is 32.2. The summed E-state index contributed by atoms with van der Waals surface area (Å²) in [5.74, 6) is 0.355. The number of amides is 1. The van der Waals surface area contributed by atoms with Crippen molar-refractivity contribution in [1.29, 1.82) is 0 Å². The number of hydrogen-bond donors (Lipinski definition) is 0. The molecule has 6 nitrogen and oxygen atoms in total. The van der Waals surface area contributed by atoms with Gasteiger partial charge in [0.15, 0.2) is 6.61 Å². The number of nitrogens with zero attached hydrogens (tertiary/aromatic N) is 2. The summed E-state index contributed by atoms with van der Waals surface area (Å²) in [6, 6.07) is 15.9. The van der Waals surface area contributed by atoms with Gasteiger partial charge >= 0.3 is 0 Å². The van der Waals surface area contributed by atoms with Crippen molar-refractivity contribution in [3.05, 3.63) is 71.1 Å². The minimum Gasteiger partial charge on any atom is -0.484 e. The molecule has 0 fully saturated rings. The first kappa shape index (κ1) is 22.8. The van der Waals surface area contributed by atoms with Crippen molar-refractivity contribution in [1.82, 2.24) is 0 Å². The standard InChI is InChI=1S/C23H26N2O4S2/c1-5-25(21-15-17(2)8-9-18(21)3)22(26)16-29-20-12-10-19(11-13-20)24(4)31(27,28)23-7-6-14-30-23/h6-15H,5,16H2,1-4H3. The first-order chi connectivity index (χ1) is 14.7. The predicted octanol–water partition coefficient (Wildman–Crippen LogP) is 4.62. The first-order valence-corrected chi connectivity index (χ1v) is 12.2. The van der Waals surface area contributed by atoms with Crippen molar-refractivity contribution in [2.24, 2.45) is 0 Å². The summed E-state index contributed by atoms with van der Waals surface area (Å²) in [5.41, 5.74) is 3.51. The van der Waals surface area contributed by atoms with Crippen LogP contribution in [0.25, 0.3) is 0 Å². The van der Waals surface area contributed by atoms with E-state index < -0.39 is 10.0 Å². The molecule has 0 aliphatic heterocycles. The van der Waals surface area contributed by atoms with Crippen LogP contribution in [-0.2, 0) is 14.8 Å². The monoisotopic (exact) mass is 458 g/mol. The number of likely N-dealkylation sites (N-methyl/N-ethyl adjacent to an activating group) is 1. The van der Waals surface area contributed by atoms with Gasteiger partial charge in [0.25, 0.3) is 15.9 Å². The lowest BCUT2D eigenvalue weighted by atomic mass is 10.1. The maximum Gasteiger partial charge on any atom is 0.273 e. The molecule has 0 saturated heterocycles. The Bertz CT molecular complexity index is 1140. The second-order valence-electron chi connectivity index (χ2n) is 7.12. The maximum atomic E-state index is 12.8. The number of benzene rings is 2. The van der Waals surface area contributed by atoms with Crippen LogP contribution in [0.2, 0.25) is 0 Å². The number of sulfonamides is 1. The molecular formula is C23H26N2O4S2. The van der Waals surface area contributed by atoms with E-state index in [1.165, 1.54) is 22.7 Å². The minimum absolute atomic E-state index is 0.107. The van der Waals surface area contributed by atoms with Crippen molar-refractivity contribution < 1.29 is 17.9 Å².